The van der Waals surface area contributed by atoms with Crippen molar-refractivity contribution in [3.63, 3.8) is 0 Å². The highest BCUT2D eigenvalue weighted by Crippen LogP contribution is 2.35. The van der Waals surface area contributed by atoms with E-state index in [4.69, 9.17) is 32.7 Å². The van der Waals surface area contributed by atoms with Crippen LogP contribution in [0.3, 0.4) is 0 Å². The van der Waals surface area contributed by atoms with Crippen molar-refractivity contribution in [1.82, 2.24) is 0 Å². The van der Waals surface area contributed by atoms with Crippen molar-refractivity contribution in [2.45, 2.75) is 77.7 Å². The second kappa shape index (κ2) is 11.6. The summed E-state index contributed by atoms with van der Waals surface area (Å²) in [4.78, 5) is 12.9. The molecule has 142 valence electrons. The van der Waals surface area contributed by atoms with E-state index in [-0.39, 0.29) is 5.97 Å². The van der Waals surface area contributed by atoms with E-state index in [0.717, 1.165) is 38.5 Å². The Kier molecular flexibility index (Phi) is 10.3. The van der Waals surface area contributed by atoms with E-state index in [0.29, 0.717) is 35.2 Å². The van der Waals surface area contributed by atoms with Crippen molar-refractivity contribution in [2.24, 2.45) is 0 Å². The number of hydrogen-bond acceptors (Lipinski definition) is 3. The summed E-state index contributed by atoms with van der Waals surface area (Å²) in [5.41, 5.74) is -0.989. The third-order valence-corrected chi connectivity index (χ3v) is 4.70. The van der Waals surface area contributed by atoms with Gasteiger partial charge in [0.25, 0.3) is 0 Å². The molecule has 1 aromatic rings. The number of ether oxygens (including phenoxy) is 2. The van der Waals surface area contributed by atoms with E-state index >= 15 is 0 Å². The Morgan fingerprint density at radius 2 is 1.60 bits per heavy atom. The molecule has 1 rings (SSSR count). The second-order valence-electron chi connectivity index (χ2n) is 6.37. The number of halogens is 2. The molecule has 0 unspecified atom stereocenters. The smallest absolute Gasteiger partial charge is 0.350 e. The minimum absolute atomic E-state index is 0.283. The van der Waals surface area contributed by atoms with Crippen LogP contribution in [0.25, 0.3) is 0 Å². The number of unbranched alkanes of at least 4 members (excludes halogenated alkanes) is 3. The summed E-state index contributed by atoms with van der Waals surface area (Å²) in [7, 11) is 0. The number of benzene rings is 1. The van der Waals surface area contributed by atoms with Gasteiger partial charge in [-0.3, -0.25) is 0 Å². The maximum absolute atomic E-state index is 12.9. The monoisotopic (exact) mass is 388 g/mol. The lowest BCUT2D eigenvalue weighted by Gasteiger charge is -2.33. The Morgan fingerprint density at radius 1 is 1.00 bits per heavy atom. The van der Waals surface area contributed by atoms with Gasteiger partial charge in [0, 0.05) is 5.02 Å². The average Bonchev–Trinajstić information content (AvgIpc) is 2.59. The molecule has 0 saturated heterocycles. The summed E-state index contributed by atoms with van der Waals surface area (Å²) in [6.45, 7) is 6.69. The van der Waals surface area contributed by atoms with Crippen LogP contribution in [0.4, 0.5) is 0 Å². The molecule has 0 aliphatic rings. The van der Waals surface area contributed by atoms with Crippen LogP contribution in [0.5, 0.6) is 5.75 Å². The first-order valence-electron chi connectivity index (χ1n) is 9.30. The van der Waals surface area contributed by atoms with E-state index in [1.807, 2.05) is 0 Å². The first kappa shape index (κ1) is 22.1. The van der Waals surface area contributed by atoms with Gasteiger partial charge in [0.15, 0.2) is 0 Å². The van der Waals surface area contributed by atoms with Gasteiger partial charge >= 0.3 is 5.97 Å². The van der Waals surface area contributed by atoms with Crippen molar-refractivity contribution in [2.75, 3.05) is 6.61 Å². The largest absolute Gasteiger partial charge is 0.474 e. The molecule has 0 fully saturated rings. The standard InChI is InChI=1S/C20H30Cl2O3/c1-4-7-12-20(13-8-5-2,19(23)24-14-9-6-3)25-18-11-10-16(21)15-17(18)22/h10-11,15H,4-9,12-14H2,1-3H3. The summed E-state index contributed by atoms with van der Waals surface area (Å²) >= 11 is 12.2. The zero-order valence-corrected chi connectivity index (χ0v) is 17.1. The Morgan fingerprint density at radius 3 is 2.12 bits per heavy atom. The summed E-state index contributed by atoms with van der Waals surface area (Å²) in [5, 5.41) is 0.946. The van der Waals surface area contributed by atoms with Crippen LogP contribution in [0.1, 0.15) is 72.1 Å². The third-order valence-electron chi connectivity index (χ3n) is 4.17. The highest BCUT2D eigenvalue weighted by Gasteiger charge is 2.41. The molecule has 0 heterocycles. The molecule has 5 heteroatoms. The molecule has 0 N–H and O–H groups in total. The summed E-state index contributed by atoms with van der Waals surface area (Å²) in [6, 6.07) is 5.07. The predicted molar refractivity (Wildman–Crippen MR) is 105 cm³/mol. The molecule has 0 amide bonds. The maximum atomic E-state index is 12.9. The van der Waals surface area contributed by atoms with Crippen molar-refractivity contribution < 1.29 is 14.3 Å². The molecule has 1 aromatic carbocycles. The van der Waals surface area contributed by atoms with Crippen molar-refractivity contribution in [3.05, 3.63) is 28.2 Å². The molecule has 0 aromatic heterocycles. The van der Waals surface area contributed by atoms with Crippen LogP contribution in [0, 0.1) is 0 Å². The molecule has 0 spiro atoms. The topological polar surface area (TPSA) is 35.5 Å². The van der Waals surface area contributed by atoms with Crippen LogP contribution in [-0.2, 0) is 9.53 Å². The van der Waals surface area contributed by atoms with E-state index in [9.17, 15) is 4.79 Å². The Bertz CT molecular complexity index is 524. The van der Waals surface area contributed by atoms with Gasteiger partial charge in [0.2, 0.25) is 5.60 Å². The van der Waals surface area contributed by atoms with Gasteiger partial charge in [0.1, 0.15) is 5.75 Å². The fourth-order valence-electron chi connectivity index (χ4n) is 2.61. The zero-order valence-electron chi connectivity index (χ0n) is 15.6. The lowest BCUT2D eigenvalue weighted by Crippen LogP contribution is -2.46. The Hall–Kier alpha value is -0.930. The molecular formula is C20H30Cl2O3. The lowest BCUT2D eigenvalue weighted by atomic mass is 9.90. The normalized spacial score (nSPS) is 11.4. The maximum Gasteiger partial charge on any atom is 0.350 e. The molecule has 0 saturated carbocycles. The fourth-order valence-corrected chi connectivity index (χ4v) is 3.05. The van der Waals surface area contributed by atoms with Crippen LogP contribution in [0.2, 0.25) is 10.0 Å². The van der Waals surface area contributed by atoms with Gasteiger partial charge in [-0.1, -0.05) is 63.2 Å². The van der Waals surface area contributed by atoms with Crippen molar-refractivity contribution in [1.29, 1.82) is 0 Å². The summed E-state index contributed by atoms with van der Waals surface area (Å²) in [5.74, 6) is 0.194. The first-order valence-corrected chi connectivity index (χ1v) is 10.1. The minimum Gasteiger partial charge on any atom is -0.474 e. The molecule has 0 aliphatic heterocycles. The first-order chi connectivity index (χ1) is 12.0. The fraction of sp³-hybridized carbons (Fsp3) is 0.650. The Labute approximate surface area is 162 Å². The molecule has 0 atom stereocenters. The zero-order chi connectivity index (χ0) is 18.7. The van der Waals surface area contributed by atoms with E-state index in [2.05, 4.69) is 20.8 Å². The SMILES string of the molecule is CCCCOC(=O)C(CCCC)(CCCC)Oc1ccc(Cl)cc1Cl. The van der Waals surface area contributed by atoms with Gasteiger partial charge in [-0.25, -0.2) is 4.79 Å². The molecular weight excluding hydrogens is 359 g/mol. The highest BCUT2D eigenvalue weighted by atomic mass is 35.5. The minimum atomic E-state index is -0.989. The number of rotatable bonds is 12. The predicted octanol–water partition coefficient (Wildman–Crippen LogP) is 6.83. The number of carbonyl (C=O) groups excluding carboxylic acids is 1. The molecule has 0 radical (unpaired) electrons. The number of hydrogen-bond donors (Lipinski definition) is 0. The van der Waals surface area contributed by atoms with Crippen molar-refractivity contribution in [3.8, 4) is 5.75 Å². The lowest BCUT2D eigenvalue weighted by molar-refractivity contribution is -0.164. The van der Waals surface area contributed by atoms with E-state index in [1.54, 1.807) is 18.2 Å². The van der Waals surface area contributed by atoms with E-state index < -0.39 is 5.60 Å². The highest BCUT2D eigenvalue weighted by molar-refractivity contribution is 6.35. The van der Waals surface area contributed by atoms with Crippen molar-refractivity contribution >= 4 is 29.2 Å². The third kappa shape index (κ3) is 7.07. The molecule has 0 aliphatic carbocycles. The van der Waals surface area contributed by atoms with Gasteiger partial charge < -0.3 is 9.47 Å². The van der Waals surface area contributed by atoms with Gasteiger partial charge in [0.05, 0.1) is 11.6 Å². The summed E-state index contributed by atoms with van der Waals surface area (Å²) in [6.07, 6.45) is 6.80. The molecule has 3 nitrogen and oxygen atoms in total. The van der Waals surface area contributed by atoms with Gasteiger partial charge in [-0.15, -0.1) is 0 Å². The quantitative estimate of drug-likeness (QED) is 0.290. The second-order valence-corrected chi connectivity index (χ2v) is 7.21. The van der Waals surface area contributed by atoms with E-state index in [1.165, 1.54) is 0 Å². The molecule has 0 bridgehead atoms. The van der Waals surface area contributed by atoms with Crippen LogP contribution >= 0.6 is 23.2 Å². The van der Waals surface area contributed by atoms with Gasteiger partial charge in [-0.2, -0.15) is 0 Å². The average molecular weight is 389 g/mol. The van der Waals surface area contributed by atoms with Crippen LogP contribution < -0.4 is 4.74 Å². The summed E-state index contributed by atoms with van der Waals surface area (Å²) < 4.78 is 11.8. The Balaban J connectivity index is 3.09. The van der Waals surface area contributed by atoms with Gasteiger partial charge in [-0.05, 0) is 50.3 Å². The molecule has 25 heavy (non-hydrogen) atoms. The number of esters is 1. The van der Waals surface area contributed by atoms with Crippen LogP contribution in [0.15, 0.2) is 18.2 Å². The van der Waals surface area contributed by atoms with Crippen LogP contribution in [-0.4, -0.2) is 18.2 Å². The number of carbonyl (C=O) groups is 1.